The van der Waals surface area contributed by atoms with Gasteiger partial charge in [0.2, 0.25) is 0 Å². The summed E-state index contributed by atoms with van der Waals surface area (Å²) in [4.78, 5) is 47.8. The maximum Gasteiger partial charge on any atom is 0.346 e. The molecule has 416 valence electrons. The van der Waals surface area contributed by atoms with Crippen LogP contribution >= 0.6 is 45.9 Å². The number of thiophene rings is 2. The summed E-state index contributed by atoms with van der Waals surface area (Å²) < 4.78 is 83.5. The van der Waals surface area contributed by atoms with Gasteiger partial charge in [0, 0.05) is 60.6 Å². The van der Waals surface area contributed by atoms with Gasteiger partial charge in [-0.25, -0.2) is 47.1 Å². The second-order valence-electron chi connectivity index (χ2n) is 19.5. The summed E-state index contributed by atoms with van der Waals surface area (Å²) in [6.07, 6.45) is 7.64. The normalized spacial score (nSPS) is 17.6. The third kappa shape index (κ3) is 12.6. The van der Waals surface area contributed by atoms with E-state index in [4.69, 9.17) is 52.1 Å². The van der Waals surface area contributed by atoms with Crippen molar-refractivity contribution in [1.29, 1.82) is 0 Å². The Morgan fingerprint density at radius 2 is 1.12 bits per heavy atom. The number of benzene rings is 2. The minimum Gasteiger partial charge on any atom is -0.477 e. The van der Waals surface area contributed by atoms with Gasteiger partial charge in [-0.05, 0) is 97.5 Å². The molecule has 24 heteroatoms. The first-order valence-electron chi connectivity index (χ1n) is 25.7. The van der Waals surface area contributed by atoms with Crippen molar-refractivity contribution in [2.24, 2.45) is 0 Å². The fourth-order valence-corrected chi connectivity index (χ4v) is 11.8. The lowest BCUT2D eigenvalue weighted by Crippen LogP contribution is -2.33. The van der Waals surface area contributed by atoms with Crippen molar-refractivity contribution in [2.45, 2.75) is 77.3 Å². The van der Waals surface area contributed by atoms with Crippen molar-refractivity contribution in [3.8, 4) is 11.8 Å². The van der Waals surface area contributed by atoms with Crippen LogP contribution in [0.3, 0.4) is 0 Å². The number of carbonyl (C=O) groups is 2. The first kappa shape index (κ1) is 55.2. The van der Waals surface area contributed by atoms with Crippen molar-refractivity contribution < 1.29 is 56.3 Å². The number of ether oxygens (including phenoxy) is 4. The summed E-state index contributed by atoms with van der Waals surface area (Å²) >= 11 is 14.0. The van der Waals surface area contributed by atoms with Gasteiger partial charge >= 0.3 is 11.9 Å². The van der Waals surface area contributed by atoms with Crippen molar-refractivity contribution in [3.05, 3.63) is 162 Å². The van der Waals surface area contributed by atoms with E-state index in [2.05, 4.69) is 41.1 Å². The van der Waals surface area contributed by atoms with Crippen LogP contribution in [0.5, 0.6) is 11.8 Å². The molecule has 0 saturated carbocycles. The Morgan fingerprint density at radius 1 is 0.625 bits per heavy atom. The highest BCUT2D eigenvalue weighted by molar-refractivity contribution is 7.20. The second-order valence-corrected chi connectivity index (χ2v) is 22.4. The zero-order valence-electron chi connectivity index (χ0n) is 42.6. The highest BCUT2D eigenvalue weighted by Gasteiger charge is 2.28. The Kier molecular flexibility index (Phi) is 16.6. The average Bonchev–Trinajstić information content (AvgIpc) is 4.23. The highest BCUT2D eigenvalue weighted by Crippen LogP contribution is 2.33. The summed E-state index contributed by atoms with van der Waals surface area (Å²) in [6.45, 7) is 6.35. The topological polar surface area (TPSA) is 179 Å². The molecule has 0 spiro atoms. The van der Waals surface area contributed by atoms with E-state index in [0.29, 0.717) is 73.8 Å². The third-order valence-electron chi connectivity index (χ3n) is 14.2. The van der Waals surface area contributed by atoms with Crippen LogP contribution in [0, 0.1) is 23.3 Å². The van der Waals surface area contributed by atoms with Gasteiger partial charge in [-0.3, -0.25) is 9.80 Å². The molecule has 2 aromatic carbocycles. The number of rotatable bonds is 18. The Balaban J connectivity index is 0.000000169. The van der Waals surface area contributed by atoms with Gasteiger partial charge < -0.3 is 38.3 Å². The summed E-state index contributed by atoms with van der Waals surface area (Å²) in [6, 6.07) is 17.6. The summed E-state index contributed by atoms with van der Waals surface area (Å²) in [5.74, 6) is -2.83. The van der Waals surface area contributed by atoms with Gasteiger partial charge in [-0.2, -0.15) is 0 Å². The summed E-state index contributed by atoms with van der Waals surface area (Å²) in [7, 11) is 0. The van der Waals surface area contributed by atoms with Crippen LogP contribution in [-0.2, 0) is 48.9 Å². The molecular weight excluding hydrogens is 1120 g/mol. The molecule has 2 atom stereocenters. The number of aromatic nitrogens is 6. The molecule has 0 unspecified atom stereocenters. The first-order valence-corrected chi connectivity index (χ1v) is 28.0. The van der Waals surface area contributed by atoms with Crippen LogP contribution in [0.2, 0.25) is 10.0 Å². The standard InChI is InChI=1S/2C28H25ClF2N4O4S/c29-18-2-1-17(21(31)11-18)15-39-26-20(30)3-4-22(33-26)16-5-8-34(9-6-16)14-25-32-23-12-24(28(36)37)40-27(23)35(25)13-19-7-10-38-19;29-18-2-1-17(21(31)11-18)15-39-26-20(30)3-4-22(32-26)16-5-8-34(9-6-16)14-25-33-27-23(12-24(40-27)28(36)37)35(25)13-19-7-10-38-19/h2*1-5,11-12,19H,6-10,13-15H2,(H,36,37)/t2*19-/m00/s1. The van der Waals surface area contributed by atoms with E-state index < -0.39 is 35.2 Å². The van der Waals surface area contributed by atoms with E-state index in [-0.39, 0.29) is 68.1 Å². The van der Waals surface area contributed by atoms with Crippen molar-refractivity contribution in [2.75, 3.05) is 39.4 Å². The first-order chi connectivity index (χ1) is 38.7. The zero-order chi connectivity index (χ0) is 55.6. The molecular formula is C56H50Cl2F4N8O8S2. The van der Waals surface area contributed by atoms with Crippen LogP contribution < -0.4 is 9.47 Å². The van der Waals surface area contributed by atoms with Gasteiger partial charge in [0.1, 0.15) is 61.4 Å². The molecule has 10 heterocycles. The lowest BCUT2D eigenvalue weighted by Gasteiger charge is -2.29. The number of halogens is 6. The Bertz CT molecular complexity index is 3470. The van der Waals surface area contributed by atoms with Gasteiger partial charge in [0.05, 0.1) is 55.3 Å². The SMILES string of the molecule is O=C(O)c1cc2c(nc(CN3CC=C(c4ccc(F)c(OCc5ccc(Cl)cc5F)n4)CC3)n2C[C@@H]2CCO2)s1.O=C(O)c1cc2nc(CN3CC=C(c4ccc(F)c(OCc5ccc(Cl)cc5F)n4)CC3)n(C[C@@H]3CCO3)c2s1. The number of fused-ring (bicyclic) bond motifs is 2. The maximum absolute atomic E-state index is 14.4. The molecule has 16 nitrogen and oxygen atoms in total. The predicted octanol–water partition coefficient (Wildman–Crippen LogP) is 11.6. The molecule has 0 aliphatic carbocycles. The highest BCUT2D eigenvalue weighted by atomic mass is 35.5. The molecule has 2 N–H and O–H groups in total. The van der Waals surface area contributed by atoms with Gasteiger partial charge in [0.15, 0.2) is 11.6 Å². The Labute approximate surface area is 473 Å². The number of carboxylic acids is 2. The van der Waals surface area contributed by atoms with Gasteiger partial charge in [-0.1, -0.05) is 47.5 Å². The third-order valence-corrected chi connectivity index (χ3v) is 16.8. The Hall–Kier alpha value is -6.76. The average molecular weight is 1170 g/mol. The van der Waals surface area contributed by atoms with Crippen molar-refractivity contribution in [1.82, 2.24) is 38.9 Å². The molecule has 12 rings (SSSR count). The predicted molar refractivity (Wildman–Crippen MR) is 293 cm³/mol. The van der Waals surface area contributed by atoms with E-state index >= 15 is 0 Å². The van der Waals surface area contributed by atoms with E-state index in [9.17, 15) is 37.4 Å². The number of imidazole rings is 2. The largest absolute Gasteiger partial charge is 0.477 e. The number of carboxylic acid groups (broad SMARTS) is 2. The molecule has 6 aromatic heterocycles. The van der Waals surface area contributed by atoms with Crippen LogP contribution in [0.4, 0.5) is 17.6 Å². The fourth-order valence-electron chi connectivity index (χ4n) is 9.58. The number of pyridine rings is 2. The minimum absolute atomic E-state index is 0.106. The van der Waals surface area contributed by atoms with Crippen LogP contribution in [0.1, 0.15) is 79.2 Å². The number of aromatic carboxylic acids is 2. The maximum atomic E-state index is 14.4. The lowest BCUT2D eigenvalue weighted by molar-refractivity contribution is -0.0592. The molecule has 4 aliphatic rings. The quantitative estimate of drug-likeness (QED) is 0.0775. The summed E-state index contributed by atoms with van der Waals surface area (Å²) in [5, 5.41) is 19.3. The smallest absolute Gasteiger partial charge is 0.346 e. The molecule has 8 aromatic rings. The van der Waals surface area contributed by atoms with E-state index in [1.165, 1.54) is 59.1 Å². The molecule has 0 amide bonds. The van der Waals surface area contributed by atoms with Gasteiger partial charge in [0.25, 0.3) is 11.8 Å². The molecule has 2 fully saturated rings. The van der Waals surface area contributed by atoms with Crippen LogP contribution in [-0.4, -0.2) is 113 Å². The number of hydrogen-bond donors (Lipinski definition) is 2. The zero-order valence-corrected chi connectivity index (χ0v) is 45.7. The summed E-state index contributed by atoms with van der Waals surface area (Å²) in [5.41, 5.74) is 5.17. The van der Waals surface area contributed by atoms with Crippen LogP contribution in [0.25, 0.3) is 31.8 Å². The fraction of sp³-hybridized carbons (Fsp3) is 0.321. The van der Waals surface area contributed by atoms with E-state index in [1.54, 1.807) is 36.4 Å². The Morgan fingerprint density at radius 3 is 1.59 bits per heavy atom. The molecule has 2 saturated heterocycles. The van der Waals surface area contributed by atoms with Gasteiger partial charge in [-0.15, -0.1) is 22.7 Å². The van der Waals surface area contributed by atoms with E-state index in [1.807, 2.05) is 0 Å². The number of hydrogen-bond acceptors (Lipinski definition) is 14. The van der Waals surface area contributed by atoms with Crippen LogP contribution in [0.15, 0.2) is 84.9 Å². The molecule has 0 bridgehead atoms. The van der Waals surface area contributed by atoms with Crippen molar-refractivity contribution in [3.63, 3.8) is 0 Å². The molecule has 80 heavy (non-hydrogen) atoms. The molecule has 0 radical (unpaired) electrons. The number of nitrogens with zero attached hydrogens (tertiary/aromatic N) is 8. The van der Waals surface area contributed by atoms with E-state index in [0.717, 1.165) is 72.3 Å². The monoisotopic (exact) mass is 1170 g/mol. The minimum atomic E-state index is -0.954. The second kappa shape index (κ2) is 24.1. The van der Waals surface area contributed by atoms with Crippen molar-refractivity contribution >= 4 is 89.7 Å². The molecule has 4 aliphatic heterocycles. The lowest BCUT2D eigenvalue weighted by atomic mass is 10.0.